The number of hydrogen-bond donors (Lipinski definition) is 1. The van der Waals surface area contributed by atoms with E-state index < -0.39 is 5.97 Å². The molecule has 1 aromatic carbocycles. The second-order valence-corrected chi connectivity index (χ2v) is 4.40. The lowest BCUT2D eigenvalue weighted by atomic mass is 10.1. The van der Waals surface area contributed by atoms with Crippen molar-refractivity contribution in [3.05, 3.63) is 35.4 Å². The van der Waals surface area contributed by atoms with E-state index in [4.69, 9.17) is 9.84 Å². The summed E-state index contributed by atoms with van der Waals surface area (Å²) in [5.74, 6) is -0.904. The number of carboxylic acids is 1. The van der Waals surface area contributed by atoms with Gasteiger partial charge < -0.3 is 9.84 Å². The van der Waals surface area contributed by atoms with Gasteiger partial charge in [-0.15, -0.1) is 0 Å². The van der Waals surface area contributed by atoms with E-state index in [-0.39, 0.29) is 5.60 Å². The van der Waals surface area contributed by atoms with Gasteiger partial charge in [-0.05, 0) is 38.5 Å². The minimum absolute atomic E-state index is 0.175. The molecule has 0 bridgehead atoms. The third-order valence-corrected chi connectivity index (χ3v) is 1.87. The quantitative estimate of drug-likeness (QED) is 0.830. The first-order chi connectivity index (χ1) is 6.88. The van der Waals surface area contributed by atoms with Crippen LogP contribution in [0.3, 0.4) is 0 Å². The van der Waals surface area contributed by atoms with Crippen LogP contribution in [0, 0.1) is 0 Å². The maximum absolute atomic E-state index is 10.6. The molecule has 1 rings (SSSR count). The zero-order chi connectivity index (χ0) is 11.5. The summed E-state index contributed by atoms with van der Waals surface area (Å²) in [6, 6.07) is 6.72. The molecule has 0 spiro atoms. The largest absolute Gasteiger partial charge is 0.478 e. The van der Waals surface area contributed by atoms with Gasteiger partial charge in [0.05, 0.1) is 17.8 Å². The van der Waals surface area contributed by atoms with Crippen molar-refractivity contribution >= 4 is 5.97 Å². The molecule has 0 unspecified atom stereocenters. The van der Waals surface area contributed by atoms with E-state index in [1.807, 2.05) is 20.8 Å². The summed E-state index contributed by atoms with van der Waals surface area (Å²) in [4.78, 5) is 10.6. The van der Waals surface area contributed by atoms with Gasteiger partial charge >= 0.3 is 5.97 Å². The van der Waals surface area contributed by atoms with Crippen LogP contribution in [0.2, 0.25) is 0 Å². The van der Waals surface area contributed by atoms with Crippen molar-refractivity contribution in [1.82, 2.24) is 0 Å². The van der Waals surface area contributed by atoms with Gasteiger partial charge in [0.2, 0.25) is 0 Å². The van der Waals surface area contributed by atoms with Gasteiger partial charge in [0.15, 0.2) is 0 Å². The predicted molar refractivity (Wildman–Crippen MR) is 57.9 cm³/mol. The molecule has 0 saturated carbocycles. The number of benzene rings is 1. The van der Waals surface area contributed by atoms with Crippen LogP contribution in [-0.4, -0.2) is 16.7 Å². The van der Waals surface area contributed by atoms with Gasteiger partial charge in [-0.1, -0.05) is 12.1 Å². The van der Waals surface area contributed by atoms with Crippen LogP contribution >= 0.6 is 0 Å². The molecule has 0 radical (unpaired) electrons. The Morgan fingerprint density at radius 1 is 1.27 bits per heavy atom. The second-order valence-electron chi connectivity index (χ2n) is 4.40. The van der Waals surface area contributed by atoms with Crippen LogP contribution in [0.1, 0.15) is 36.7 Å². The first-order valence-electron chi connectivity index (χ1n) is 4.85. The van der Waals surface area contributed by atoms with Crippen LogP contribution < -0.4 is 0 Å². The van der Waals surface area contributed by atoms with E-state index in [1.165, 1.54) is 0 Å². The number of hydrogen-bond acceptors (Lipinski definition) is 2. The molecule has 0 atom stereocenters. The summed E-state index contributed by atoms with van der Waals surface area (Å²) in [6.45, 7) is 6.46. The van der Waals surface area contributed by atoms with Crippen molar-refractivity contribution in [2.75, 3.05) is 0 Å². The number of ether oxygens (including phenoxy) is 1. The molecule has 3 nitrogen and oxygen atoms in total. The van der Waals surface area contributed by atoms with Crippen molar-refractivity contribution < 1.29 is 14.6 Å². The van der Waals surface area contributed by atoms with E-state index in [0.29, 0.717) is 12.2 Å². The Morgan fingerprint density at radius 2 is 1.80 bits per heavy atom. The molecule has 0 aliphatic rings. The van der Waals surface area contributed by atoms with Crippen molar-refractivity contribution in [2.24, 2.45) is 0 Å². The highest BCUT2D eigenvalue weighted by Crippen LogP contribution is 2.12. The molecule has 0 saturated heterocycles. The Morgan fingerprint density at radius 3 is 2.20 bits per heavy atom. The van der Waals surface area contributed by atoms with Crippen molar-refractivity contribution in [2.45, 2.75) is 33.0 Å². The first kappa shape index (κ1) is 11.7. The molecular formula is C12H16O3. The summed E-state index contributed by atoms with van der Waals surface area (Å²) in [6.07, 6.45) is 0. The maximum Gasteiger partial charge on any atom is 0.335 e. The molecule has 15 heavy (non-hydrogen) atoms. The molecule has 82 valence electrons. The van der Waals surface area contributed by atoms with Gasteiger partial charge in [-0.25, -0.2) is 4.79 Å². The van der Waals surface area contributed by atoms with Crippen LogP contribution in [0.25, 0.3) is 0 Å². The Hall–Kier alpha value is -1.35. The fourth-order valence-electron chi connectivity index (χ4n) is 1.04. The fourth-order valence-corrected chi connectivity index (χ4v) is 1.04. The lowest BCUT2D eigenvalue weighted by molar-refractivity contribution is -0.0149. The highest BCUT2D eigenvalue weighted by molar-refractivity contribution is 5.87. The Labute approximate surface area is 89.7 Å². The third kappa shape index (κ3) is 4.13. The van der Waals surface area contributed by atoms with E-state index in [1.54, 1.807) is 24.3 Å². The van der Waals surface area contributed by atoms with Gasteiger partial charge in [0.1, 0.15) is 0 Å². The van der Waals surface area contributed by atoms with E-state index in [2.05, 4.69) is 0 Å². The lowest BCUT2D eigenvalue weighted by Gasteiger charge is -2.19. The molecular weight excluding hydrogens is 192 g/mol. The summed E-state index contributed by atoms with van der Waals surface area (Å²) in [5, 5.41) is 8.70. The van der Waals surface area contributed by atoms with Crippen LogP contribution in [0.5, 0.6) is 0 Å². The van der Waals surface area contributed by atoms with Crippen LogP contribution in [0.15, 0.2) is 24.3 Å². The molecule has 0 heterocycles. The first-order valence-corrected chi connectivity index (χ1v) is 4.85. The van der Waals surface area contributed by atoms with Gasteiger partial charge in [0, 0.05) is 0 Å². The number of carbonyl (C=O) groups is 1. The summed E-state index contributed by atoms with van der Waals surface area (Å²) in [5.41, 5.74) is 1.11. The van der Waals surface area contributed by atoms with Gasteiger partial charge in [0.25, 0.3) is 0 Å². The number of rotatable bonds is 3. The highest BCUT2D eigenvalue weighted by atomic mass is 16.5. The zero-order valence-electron chi connectivity index (χ0n) is 9.28. The fraction of sp³-hybridized carbons (Fsp3) is 0.417. The SMILES string of the molecule is CC(C)(C)OCc1ccc(C(=O)O)cc1. The molecule has 0 aliphatic carbocycles. The topological polar surface area (TPSA) is 46.5 Å². The summed E-state index contributed by atoms with van der Waals surface area (Å²) < 4.78 is 5.57. The van der Waals surface area contributed by atoms with E-state index in [9.17, 15) is 4.79 Å². The zero-order valence-corrected chi connectivity index (χ0v) is 9.28. The van der Waals surface area contributed by atoms with Crippen LogP contribution in [-0.2, 0) is 11.3 Å². The van der Waals surface area contributed by atoms with Gasteiger partial charge in [-0.3, -0.25) is 0 Å². The summed E-state index contributed by atoms with van der Waals surface area (Å²) >= 11 is 0. The monoisotopic (exact) mass is 208 g/mol. The average Bonchev–Trinajstić information content (AvgIpc) is 2.14. The second kappa shape index (κ2) is 4.45. The Kier molecular flexibility index (Phi) is 3.48. The lowest BCUT2D eigenvalue weighted by Crippen LogP contribution is -2.18. The minimum atomic E-state index is -0.904. The normalized spacial score (nSPS) is 11.4. The standard InChI is InChI=1S/C12H16O3/c1-12(2,3)15-8-9-4-6-10(7-5-9)11(13)14/h4-7H,8H2,1-3H3,(H,13,14). The van der Waals surface area contributed by atoms with Crippen molar-refractivity contribution in [1.29, 1.82) is 0 Å². The number of aromatic carboxylic acids is 1. The Balaban J connectivity index is 2.61. The molecule has 0 fully saturated rings. The minimum Gasteiger partial charge on any atom is -0.478 e. The molecule has 1 aromatic rings. The van der Waals surface area contributed by atoms with E-state index >= 15 is 0 Å². The van der Waals surface area contributed by atoms with Crippen LogP contribution in [0.4, 0.5) is 0 Å². The van der Waals surface area contributed by atoms with E-state index in [0.717, 1.165) is 5.56 Å². The number of carboxylic acid groups (broad SMARTS) is 1. The summed E-state index contributed by atoms with van der Waals surface area (Å²) in [7, 11) is 0. The Bertz CT molecular complexity index is 333. The average molecular weight is 208 g/mol. The molecule has 3 heteroatoms. The van der Waals surface area contributed by atoms with Gasteiger partial charge in [-0.2, -0.15) is 0 Å². The highest BCUT2D eigenvalue weighted by Gasteiger charge is 2.10. The maximum atomic E-state index is 10.6. The molecule has 1 N–H and O–H groups in total. The van der Waals surface area contributed by atoms with Crippen molar-refractivity contribution in [3.63, 3.8) is 0 Å². The molecule has 0 aromatic heterocycles. The van der Waals surface area contributed by atoms with Crippen molar-refractivity contribution in [3.8, 4) is 0 Å². The molecule has 0 aliphatic heterocycles. The predicted octanol–water partition coefficient (Wildman–Crippen LogP) is 2.70. The smallest absolute Gasteiger partial charge is 0.335 e. The third-order valence-electron chi connectivity index (χ3n) is 1.87. The molecule has 0 amide bonds.